The van der Waals surface area contributed by atoms with Crippen LogP contribution in [0.15, 0.2) is 29.3 Å². The number of rotatable bonds is 4. The molecule has 0 aliphatic heterocycles. The molecule has 0 spiro atoms. The largest absolute Gasteiger partial charge is 0.360 e. The number of nitrogens with zero attached hydrogens (tertiary/aromatic N) is 1. The molecule has 0 amide bonds. The molecule has 76 valence electrons. The van der Waals surface area contributed by atoms with Crippen LogP contribution in [0.1, 0.15) is 24.5 Å². The van der Waals surface area contributed by atoms with Gasteiger partial charge >= 0.3 is 0 Å². The third-order valence-electron chi connectivity index (χ3n) is 2.09. The number of benzene rings is 1. The molecular weight excluding hydrogens is 174 g/mol. The summed E-state index contributed by atoms with van der Waals surface area (Å²) in [7, 11) is 1.68. The summed E-state index contributed by atoms with van der Waals surface area (Å²) in [6.45, 7) is 4.13. The van der Waals surface area contributed by atoms with Gasteiger partial charge in [0.25, 0.3) is 0 Å². The van der Waals surface area contributed by atoms with Crippen molar-refractivity contribution in [3.8, 4) is 0 Å². The second-order valence-corrected chi connectivity index (χ2v) is 3.29. The number of ether oxygens (including phenoxy) is 1. The molecule has 1 aromatic rings. The Kier molecular flexibility index (Phi) is 4.33. The first kappa shape index (κ1) is 10.9. The second kappa shape index (κ2) is 5.55. The molecule has 0 fully saturated rings. The maximum Gasteiger partial charge on any atom is 0.147 e. The van der Waals surface area contributed by atoms with Crippen LogP contribution in [0.2, 0.25) is 0 Å². The standard InChI is InChI=1S/C12H17NO/c1-4-12(14-3)13-9-11-7-5-10(2)6-8-11/h5-9,12H,4H2,1-3H3. The van der Waals surface area contributed by atoms with E-state index in [1.807, 2.05) is 6.21 Å². The van der Waals surface area contributed by atoms with Crippen LogP contribution in [0.25, 0.3) is 0 Å². The summed E-state index contributed by atoms with van der Waals surface area (Å²) >= 11 is 0. The molecule has 2 nitrogen and oxygen atoms in total. The summed E-state index contributed by atoms with van der Waals surface area (Å²) in [5.41, 5.74) is 2.38. The number of hydrogen-bond donors (Lipinski definition) is 0. The van der Waals surface area contributed by atoms with Gasteiger partial charge in [-0.3, -0.25) is 4.99 Å². The monoisotopic (exact) mass is 191 g/mol. The highest BCUT2D eigenvalue weighted by Crippen LogP contribution is 2.02. The van der Waals surface area contributed by atoms with Gasteiger partial charge in [-0.1, -0.05) is 36.8 Å². The molecule has 0 saturated heterocycles. The summed E-state index contributed by atoms with van der Waals surface area (Å²) in [5.74, 6) is 0. The van der Waals surface area contributed by atoms with Crippen molar-refractivity contribution in [1.29, 1.82) is 0 Å². The minimum atomic E-state index is -0.0173. The van der Waals surface area contributed by atoms with Gasteiger partial charge in [0, 0.05) is 13.3 Å². The summed E-state index contributed by atoms with van der Waals surface area (Å²) in [6, 6.07) is 8.27. The molecule has 0 aromatic heterocycles. The van der Waals surface area contributed by atoms with Crippen LogP contribution in [-0.2, 0) is 4.74 Å². The molecule has 1 rings (SSSR count). The maximum atomic E-state index is 5.15. The van der Waals surface area contributed by atoms with Crippen molar-refractivity contribution in [2.45, 2.75) is 26.5 Å². The zero-order chi connectivity index (χ0) is 10.4. The van der Waals surface area contributed by atoms with Crippen LogP contribution in [0.4, 0.5) is 0 Å². The molecule has 0 heterocycles. The molecule has 14 heavy (non-hydrogen) atoms. The highest BCUT2D eigenvalue weighted by molar-refractivity contribution is 5.79. The predicted octanol–water partition coefficient (Wildman–Crippen LogP) is 2.80. The second-order valence-electron chi connectivity index (χ2n) is 3.29. The smallest absolute Gasteiger partial charge is 0.147 e. The quantitative estimate of drug-likeness (QED) is 0.671. The lowest BCUT2D eigenvalue weighted by Gasteiger charge is -2.05. The van der Waals surface area contributed by atoms with Crippen LogP contribution >= 0.6 is 0 Å². The topological polar surface area (TPSA) is 21.6 Å². The maximum absolute atomic E-state index is 5.15. The molecule has 1 atom stereocenters. The fourth-order valence-corrected chi connectivity index (χ4v) is 1.15. The predicted molar refractivity (Wildman–Crippen MR) is 59.9 cm³/mol. The van der Waals surface area contributed by atoms with E-state index in [0.717, 1.165) is 12.0 Å². The molecule has 0 aliphatic carbocycles. The molecule has 0 bridgehead atoms. The fourth-order valence-electron chi connectivity index (χ4n) is 1.15. The van der Waals surface area contributed by atoms with E-state index < -0.39 is 0 Å². The van der Waals surface area contributed by atoms with Crippen LogP contribution < -0.4 is 0 Å². The molecule has 1 aromatic carbocycles. The molecule has 0 radical (unpaired) electrons. The normalized spacial score (nSPS) is 13.4. The zero-order valence-electron chi connectivity index (χ0n) is 9.03. The fraction of sp³-hybridized carbons (Fsp3) is 0.417. The Bertz CT molecular complexity index is 286. The van der Waals surface area contributed by atoms with E-state index >= 15 is 0 Å². The number of hydrogen-bond acceptors (Lipinski definition) is 2. The number of aliphatic imine (C=N–C) groups is 1. The van der Waals surface area contributed by atoms with Crippen LogP contribution in [0.3, 0.4) is 0 Å². The van der Waals surface area contributed by atoms with Crippen molar-refractivity contribution in [1.82, 2.24) is 0 Å². The first-order valence-electron chi connectivity index (χ1n) is 4.89. The minimum Gasteiger partial charge on any atom is -0.360 e. The lowest BCUT2D eigenvalue weighted by molar-refractivity contribution is 0.108. The Labute approximate surface area is 85.6 Å². The van der Waals surface area contributed by atoms with E-state index in [0.29, 0.717) is 0 Å². The van der Waals surface area contributed by atoms with E-state index in [9.17, 15) is 0 Å². The Morgan fingerprint density at radius 3 is 2.50 bits per heavy atom. The Morgan fingerprint density at radius 2 is 2.00 bits per heavy atom. The van der Waals surface area contributed by atoms with Crippen LogP contribution in [-0.4, -0.2) is 19.6 Å². The van der Waals surface area contributed by atoms with Crippen molar-refractivity contribution >= 4 is 6.21 Å². The van der Waals surface area contributed by atoms with Gasteiger partial charge in [0.2, 0.25) is 0 Å². The Morgan fingerprint density at radius 1 is 1.36 bits per heavy atom. The Balaban J connectivity index is 2.63. The first-order valence-corrected chi connectivity index (χ1v) is 4.89. The van der Waals surface area contributed by atoms with Crippen molar-refractivity contribution < 1.29 is 4.74 Å². The average Bonchev–Trinajstić information content (AvgIpc) is 2.22. The van der Waals surface area contributed by atoms with Gasteiger partial charge in [-0.15, -0.1) is 0 Å². The average molecular weight is 191 g/mol. The lowest BCUT2D eigenvalue weighted by Crippen LogP contribution is -2.05. The van der Waals surface area contributed by atoms with Crippen LogP contribution in [0, 0.1) is 6.92 Å². The zero-order valence-corrected chi connectivity index (χ0v) is 9.03. The molecule has 2 heteroatoms. The van der Waals surface area contributed by atoms with E-state index in [1.165, 1.54) is 5.56 Å². The van der Waals surface area contributed by atoms with Crippen molar-refractivity contribution in [3.63, 3.8) is 0 Å². The van der Waals surface area contributed by atoms with Gasteiger partial charge in [0.1, 0.15) is 6.23 Å². The molecule has 0 N–H and O–H groups in total. The van der Waals surface area contributed by atoms with Gasteiger partial charge in [-0.2, -0.15) is 0 Å². The minimum absolute atomic E-state index is 0.0173. The SMILES string of the molecule is CCC(N=Cc1ccc(C)cc1)OC. The van der Waals surface area contributed by atoms with Gasteiger partial charge < -0.3 is 4.74 Å². The van der Waals surface area contributed by atoms with Gasteiger partial charge in [0.05, 0.1) is 0 Å². The van der Waals surface area contributed by atoms with Gasteiger partial charge in [-0.05, 0) is 18.9 Å². The van der Waals surface area contributed by atoms with E-state index in [1.54, 1.807) is 7.11 Å². The lowest BCUT2D eigenvalue weighted by atomic mass is 10.2. The molecule has 1 unspecified atom stereocenters. The molecule has 0 aliphatic rings. The summed E-state index contributed by atoms with van der Waals surface area (Å²) in [6.07, 6.45) is 2.74. The van der Waals surface area contributed by atoms with Crippen molar-refractivity contribution in [3.05, 3.63) is 35.4 Å². The van der Waals surface area contributed by atoms with Crippen molar-refractivity contribution in [2.75, 3.05) is 7.11 Å². The van der Waals surface area contributed by atoms with Gasteiger partial charge in [-0.25, -0.2) is 0 Å². The highest BCUT2D eigenvalue weighted by Gasteiger charge is 1.97. The van der Waals surface area contributed by atoms with E-state index in [4.69, 9.17) is 4.74 Å². The van der Waals surface area contributed by atoms with Crippen LogP contribution in [0.5, 0.6) is 0 Å². The van der Waals surface area contributed by atoms with Crippen molar-refractivity contribution in [2.24, 2.45) is 4.99 Å². The number of methoxy groups -OCH3 is 1. The van der Waals surface area contributed by atoms with E-state index in [2.05, 4.69) is 43.1 Å². The highest BCUT2D eigenvalue weighted by atomic mass is 16.5. The van der Waals surface area contributed by atoms with Gasteiger partial charge in [0.15, 0.2) is 0 Å². The number of aryl methyl sites for hydroxylation is 1. The molecule has 0 saturated carbocycles. The third-order valence-corrected chi connectivity index (χ3v) is 2.09. The van der Waals surface area contributed by atoms with E-state index in [-0.39, 0.29) is 6.23 Å². The third kappa shape index (κ3) is 3.30. The molecular formula is C12H17NO. The summed E-state index contributed by atoms with van der Waals surface area (Å²) < 4.78 is 5.15. The first-order chi connectivity index (χ1) is 6.76. The summed E-state index contributed by atoms with van der Waals surface area (Å²) in [4.78, 5) is 4.31. The summed E-state index contributed by atoms with van der Waals surface area (Å²) in [5, 5.41) is 0. The Hall–Kier alpha value is -1.15.